The number of esters is 1. The van der Waals surface area contributed by atoms with Crippen LogP contribution in [-0.2, 0) is 19.6 Å². The Kier molecular flexibility index (Phi) is 7.19. The molecular formula is C23H25FN2O6S. The smallest absolute Gasteiger partial charge is 0.375 e. The van der Waals surface area contributed by atoms with Gasteiger partial charge in [-0.2, -0.15) is 4.31 Å². The van der Waals surface area contributed by atoms with Crippen molar-refractivity contribution in [3.8, 4) is 0 Å². The number of ether oxygens (including phenoxy) is 1. The number of para-hydroxylation sites is 1. The zero-order valence-corrected chi connectivity index (χ0v) is 19.6. The number of rotatable bonds is 8. The van der Waals surface area contributed by atoms with Crippen LogP contribution in [0.5, 0.6) is 0 Å². The number of hydrogen-bond acceptors (Lipinski definition) is 6. The van der Waals surface area contributed by atoms with Gasteiger partial charge >= 0.3 is 5.97 Å². The fraction of sp³-hybridized carbons (Fsp3) is 0.304. The summed E-state index contributed by atoms with van der Waals surface area (Å²) in [4.78, 5) is 24.8. The number of anilines is 1. The van der Waals surface area contributed by atoms with Crippen molar-refractivity contribution in [1.82, 2.24) is 4.31 Å². The number of carbonyl (C=O) groups excluding carboxylic acids is 2. The van der Waals surface area contributed by atoms with Gasteiger partial charge in [-0.15, -0.1) is 0 Å². The molecule has 1 heterocycles. The van der Waals surface area contributed by atoms with Crippen LogP contribution in [0, 0.1) is 19.7 Å². The normalized spacial score (nSPS) is 11.7. The van der Waals surface area contributed by atoms with Crippen LogP contribution >= 0.6 is 0 Å². The summed E-state index contributed by atoms with van der Waals surface area (Å²) in [5, 5.41) is 3.00. The number of hydrogen-bond donors (Lipinski definition) is 1. The molecule has 0 bridgehead atoms. The maximum absolute atomic E-state index is 13.9. The summed E-state index contributed by atoms with van der Waals surface area (Å²) >= 11 is 0. The first kappa shape index (κ1) is 24.4. The highest BCUT2D eigenvalue weighted by molar-refractivity contribution is 7.89. The van der Waals surface area contributed by atoms with Crippen LogP contribution in [0.25, 0.3) is 11.0 Å². The van der Waals surface area contributed by atoms with Crippen molar-refractivity contribution in [3.63, 3.8) is 0 Å². The lowest BCUT2D eigenvalue weighted by molar-refractivity contribution is -0.119. The van der Waals surface area contributed by atoms with Gasteiger partial charge in [0.1, 0.15) is 0 Å². The van der Waals surface area contributed by atoms with E-state index in [1.54, 1.807) is 39.8 Å². The van der Waals surface area contributed by atoms with Gasteiger partial charge < -0.3 is 14.5 Å². The average Bonchev–Trinajstić information content (AvgIpc) is 3.12. The van der Waals surface area contributed by atoms with Gasteiger partial charge in [0.05, 0.1) is 4.90 Å². The van der Waals surface area contributed by atoms with Crippen molar-refractivity contribution in [3.05, 3.63) is 59.1 Å². The maximum Gasteiger partial charge on any atom is 0.375 e. The van der Waals surface area contributed by atoms with Crippen LogP contribution in [0.3, 0.4) is 0 Å². The van der Waals surface area contributed by atoms with E-state index in [4.69, 9.17) is 9.15 Å². The molecule has 176 valence electrons. The molecule has 0 saturated heterocycles. The SMILES string of the molecule is CCN(CC)S(=O)(=O)c1ccc(C)c(NC(=O)COC(=O)c2oc3c(F)cccc3c2C)c1. The Morgan fingerprint density at radius 2 is 1.82 bits per heavy atom. The second kappa shape index (κ2) is 9.72. The molecule has 2 aromatic carbocycles. The number of halogens is 1. The summed E-state index contributed by atoms with van der Waals surface area (Å²) in [7, 11) is -3.71. The van der Waals surface area contributed by atoms with E-state index in [9.17, 15) is 22.4 Å². The van der Waals surface area contributed by atoms with Crippen molar-refractivity contribution in [2.24, 2.45) is 0 Å². The summed E-state index contributed by atoms with van der Waals surface area (Å²) in [5.74, 6) is -2.37. The van der Waals surface area contributed by atoms with E-state index in [0.29, 0.717) is 29.6 Å². The molecule has 0 saturated carbocycles. The monoisotopic (exact) mass is 476 g/mol. The number of nitrogens with zero attached hydrogens (tertiary/aromatic N) is 1. The molecule has 10 heteroatoms. The average molecular weight is 477 g/mol. The molecule has 0 aliphatic rings. The van der Waals surface area contributed by atoms with Gasteiger partial charge in [-0.05, 0) is 37.6 Å². The third-order valence-corrected chi connectivity index (χ3v) is 7.31. The summed E-state index contributed by atoms with van der Waals surface area (Å²) in [6, 6.07) is 8.76. The van der Waals surface area contributed by atoms with Gasteiger partial charge in [0.15, 0.2) is 18.0 Å². The lowest BCUT2D eigenvalue weighted by Gasteiger charge is -2.19. The molecule has 1 amide bonds. The van der Waals surface area contributed by atoms with Crippen LogP contribution in [0.2, 0.25) is 0 Å². The minimum Gasteiger partial charge on any atom is -0.450 e. The quantitative estimate of drug-likeness (QED) is 0.493. The number of aryl methyl sites for hydroxylation is 2. The molecule has 0 unspecified atom stereocenters. The molecule has 0 aliphatic carbocycles. The molecular weight excluding hydrogens is 451 g/mol. The molecule has 1 aromatic heterocycles. The van der Waals surface area contributed by atoms with Crippen molar-refractivity contribution in [1.29, 1.82) is 0 Å². The number of sulfonamides is 1. The Hall–Kier alpha value is -3.24. The van der Waals surface area contributed by atoms with Crippen LogP contribution in [-0.4, -0.2) is 44.3 Å². The van der Waals surface area contributed by atoms with Gasteiger partial charge in [0.2, 0.25) is 15.8 Å². The minimum atomic E-state index is -3.71. The van der Waals surface area contributed by atoms with Crippen molar-refractivity contribution >= 4 is 38.6 Å². The van der Waals surface area contributed by atoms with Gasteiger partial charge in [-0.1, -0.05) is 32.0 Å². The predicted octanol–water partition coefficient (Wildman–Crippen LogP) is 4.01. The Morgan fingerprint density at radius 3 is 2.45 bits per heavy atom. The topological polar surface area (TPSA) is 106 Å². The molecule has 33 heavy (non-hydrogen) atoms. The third-order valence-electron chi connectivity index (χ3n) is 5.26. The third kappa shape index (κ3) is 4.91. The van der Waals surface area contributed by atoms with Gasteiger partial charge in [-0.25, -0.2) is 17.6 Å². The number of nitrogens with one attached hydrogen (secondary N) is 1. The van der Waals surface area contributed by atoms with E-state index < -0.39 is 34.3 Å². The molecule has 0 fully saturated rings. The molecule has 0 radical (unpaired) electrons. The molecule has 1 N–H and O–H groups in total. The molecule has 8 nitrogen and oxygen atoms in total. The number of fused-ring (bicyclic) bond motifs is 1. The number of carbonyl (C=O) groups is 2. The maximum atomic E-state index is 13.9. The van der Waals surface area contributed by atoms with Crippen LogP contribution < -0.4 is 5.32 Å². The van der Waals surface area contributed by atoms with Crippen molar-refractivity contribution < 1.29 is 31.6 Å². The first-order valence-corrected chi connectivity index (χ1v) is 11.8. The molecule has 0 atom stereocenters. The highest BCUT2D eigenvalue weighted by atomic mass is 32.2. The minimum absolute atomic E-state index is 0.0454. The largest absolute Gasteiger partial charge is 0.450 e. The zero-order valence-electron chi connectivity index (χ0n) is 18.8. The molecule has 0 spiro atoms. The van der Waals surface area contributed by atoms with E-state index in [0.717, 1.165) is 0 Å². The first-order chi connectivity index (χ1) is 15.6. The number of furan rings is 1. The van der Waals surface area contributed by atoms with Gasteiger partial charge in [0, 0.05) is 29.7 Å². The Balaban J connectivity index is 1.72. The number of amides is 1. The Labute approximate surface area is 191 Å². The first-order valence-electron chi connectivity index (χ1n) is 10.4. The summed E-state index contributed by atoms with van der Waals surface area (Å²) in [5.41, 5.74) is 1.26. The van der Waals surface area contributed by atoms with Crippen molar-refractivity contribution in [2.75, 3.05) is 25.0 Å². The lowest BCUT2D eigenvalue weighted by atomic mass is 10.1. The second-order valence-electron chi connectivity index (χ2n) is 7.36. The summed E-state index contributed by atoms with van der Waals surface area (Å²) < 4.78 is 51.0. The van der Waals surface area contributed by atoms with E-state index in [1.807, 2.05) is 0 Å². The van der Waals surface area contributed by atoms with E-state index in [1.165, 1.54) is 28.6 Å². The van der Waals surface area contributed by atoms with Crippen LogP contribution in [0.4, 0.5) is 10.1 Å². The molecule has 3 rings (SSSR count). The zero-order chi connectivity index (χ0) is 24.3. The molecule has 0 aliphatic heterocycles. The molecule has 3 aromatic rings. The highest BCUT2D eigenvalue weighted by Crippen LogP contribution is 2.28. The van der Waals surface area contributed by atoms with Gasteiger partial charge in [-0.3, -0.25) is 4.79 Å². The fourth-order valence-corrected chi connectivity index (χ4v) is 4.88. The van der Waals surface area contributed by atoms with Gasteiger partial charge in [0.25, 0.3) is 5.91 Å². The predicted molar refractivity (Wildman–Crippen MR) is 121 cm³/mol. The van der Waals surface area contributed by atoms with E-state index >= 15 is 0 Å². The summed E-state index contributed by atoms with van der Waals surface area (Å²) in [6.45, 7) is 6.78. The lowest BCUT2D eigenvalue weighted by Crippen LogP contribution is -2.30. The van der Waals surface area contributed by atoms with E-state index in [-0.39, 0.29) is 21.9 Å². The van der Waals surface area contributed by atoms with Crippen molar-refractivity contribution in [2.45, 2.75) is 32.6 Å². The highest BCUT2D eigenvalue weighted by Gasteiger charge is 2.24. The number of benzene rings is 2. The Morgan fingerprint density at radius 1 is 1.12 bits per heavy atom. The van der Waals surface area contributed by atoms with E-state index in [2.05, 4.69) is 5.32 Å². The Bertz CT molecular complexity index is 1310. The summed E-state index contributed by atoms with van der Waals surface area (Å²) in [6.07, 6.45) is 0. The van der Waals surface area contributed by atoms with Crippen LogP contribution in [0.1, 0.15) is 35.5 Å². The van der Waals surface area contributed by atoms with Crippen LogP contribution in [0.15, 0.2) is 45.7 Å². The second-order valence-corrected chi connectivity index (χ2v) is 9.30. The standard InChI is InChI=1S/C23H25FN2O6S/c1-5-26(6-2)33(29,30)16-11-10-14(3)19(12-16)25-20(27)13-31-23(28)21-15(4)17-8-7-9-18(24)22(17)32-21/h7-12H,5-6,13H2,1-4H3,(H,25,27). The fourth-order valence-electron chi connectivity index (χ4n) is 3.40.